The highest BCUT2D eigenvalue weighted by Gasteiger charge is 2.26. The number of rotatable bonds is 10. The molecule has 226 valence electrons. The van der Waals surface area contributed by atoms with E-state index in [0.29, 0.717) is 39.9 Å². The van der Waals surface area contributed by atoms with Crippen LogP contribution in [-0.2, 0) is 13.2 Å². The zero-order chi connectivity index (χ0) is 30.5. The van der Waals surface area contributed by atoms with E-state index in [1.165, 1.54) is 10.9 Å². The number of nitrogens with one attached hydrogen (secondary N) is 1. The molecule has 4 aromatic rings. The molecule has 0 atom stereocenters. The summed E-state index contributed by atoms with van der Waals surface area (Å²) < 4.78 is 17.4. The number of carbonyl (C=O) groups excluding carboxylic acids is 1. The topological polar surface area (TPSA) is 162 Å². The quantitative estimate of drug-likeness (QED) is 0.192. The van der Waals surface area contributed by atoms with E-state index in [2.05, 4.69) is 48.0 Å². The molecule has 1 amide bonds. The number of nitrogens with two attached hydrogens (primary N) is 1. The molecular weight excluding hydrogens is 623 g/mol. The Morgan fingerprint density at radius 2 is 1.88 bits per heavy atom. The summed E-state index contributed by atoms with van der Waals surface area (Å²) in [7, 11) is 3.61. The molecule has 1 fully saturated rings. The number of benzene rings is 2. The maximum atomic E-state index is 13.2. The van der Waals surface area contributed by atoms with Crippen molar-refractivity contribution in [2.45, 2.75) is 13.2 Å². The first-order valence-electron chi connectivity index (χ1n) is 12.9. The fraction of sp³-hybridized carbons (Fsp3) is 0.308. The van der Waals surface area contributed by atoms with E-state index in [9.17, 15) is 4.79 Å². The van der Waals surface area contributed by atoms with Crippen LogP contribution in [0.4, 0.5) is 5.82 Å². The van der Waals surface area contributed by atoms with Crippen molar-refractivity contribution in [3.63, 3.8) is 0 Å². The number of hydrazone groups is 1. The maximum absolute atomic E-state index is 13.2. The van der Waals surface area contributed by atoms with Crippen LogP contribution in [0.2, 0.25) is 15.1 Å². The summed E-state index contributed by atoms with van der Waals surface area (Å²) in [5.74, 6) is 0.479. The molecule has 0 bridgehead atoms. The van der Waals surface area contributed by atoms with Gasteiger partial charge in [0.15, 0.2) is 11.4 Å². The molecule has 5 rings (SSSR count). The molecule has 0 aliphatic carbocycles. The number of likely N-dealkylation sites (N-methyl/N-ethyl adjacent to an activating group) is 1. The van der Waals surface area contributed by atoms with Gasteiger partial charge in [-0.2, -0.15) is 9.78 Å². The Balaban J connectivity index is 1.31. The third-order valence-corrected chi connectivity index (χ3v) is 7.44. The number of hydrogen-bond donors (Lipinski definition) is 2. The second-order valence-electron chi connectivity index (χ2n) is 9.61. The van der Waals surface area contributed by atoms with Gasteiger partial charge in [-0.25, -0.2) is 10.1 Å². The van der Waals surface area contributed by atoms with Crippen molar-refractivity contribution in [2.24, 2.45) is 5.10 Å². The standard InChI is InChI=1S/C26H27Cl3N10O4/c1-37-5-7-38(8-6-37)13-20-22(32-36-39(20)25-24(30)34-43-35-25)26(40)33-31-12-15-3-4-21(41-2)16(9-15)14-42-23-18(28)10-17(27)11-19(23)29/h3-4,9-12H,5-8,13-14H2,1-2H3,(H2,30,34)(H,33,40)/b31-12-. The van der Waals surface area contributed by atoms with E-state index in [1.54, 1.807) is 37.4 Å². The first-order chi connectivity index (χ1) is 20.7. The fourth-order valence-corrected chi connectivity index (χ4v) is 5.30. The van der Waals surface area contributed by atoms with Gasteiger partial charge in [-0.05, 0) is 53.3 Å². The van der Waals surface area contributed by atoms with E-state index >= 15 is 0 Å². The monoisotopic (exact) mass is 648 g/mol. The molecule has 0 spiro atoms. The third kappa shape index (κ3) is 7.17. The number of piperazine rings is 1. The lowest BCUT2D eigenvalue weighted by Gasteiger charge is -2.32. The molecule has 43 heavy (non-hydrogen) atoms. The molecule has 0 saturated carbocycles. The van der Waals surface area contributed by atoms with Gasteiger partial charge in [0.1, 0.15) is 12.4 Å². The number of anilines is 1. The fourth-order valence-electron chi connectivity index (χ4n) is 4.37. The summed E-state index contributed by atoms with van der Waals surface area (Å²) in [6.07, 6.45) is 1.48. The Labute approximate surface area is 261 Å². The predicted octanol–water partition coefficient (Wildman–Crippen LogP) is 3.29. The summed E-state index contributed by atoms with van der Waals surface area (Å²) >= 11 is 18.5. The highest BCUT2D eigenvalue weighted by atomic mass is 35.5. The average Bonchev–Trinajstić information content (AvgIpc) is 3.59. The van der Waals surface area contributed by atoms with Crippen LogP contribution >= 0.6 is 34.8 Å². The molecule has 3 heterocycles. The van der Waals surface area contributed by atoms with Crippen molar-refractivity contribution in [3.8, 4) is 17.3 Å². The number of nitrogen functional groups attached to an aromatic ring is 1. The number of hydrogen-bond acceptors (Lipinski definition) is 12. The van der Waals surface area contributed by atoms with Crippen molar-refractivity contribution in [1.29, 1.82) is 0 Å². The minimum Gasteiger partial charge on any atom is -0.496 e. The van der Waals surface area contributed by atoms with Crippen molar-refractivity contribution in [2.75, 3.05) is 46.1 Å². The molecule has 1 aliphatic heterocycles. The van der Waals surface area contributed by atoms with Crippen molar-refractivity contribution < 1.29 is 18.9 Å². The number of methoxy groups -OCH3 is 1. The molecule has 1 saturated heterocycles. The molecule has 2 aromatic heterocycles. The molecule has 2 aromatic carbocycles. The van der Waals surface area contributed by atoms with Gasteiger partial charge in [-0.15, -0.1) is 5.10 Å². The zero-order valence-corrected chi connectivity index (χ0v) is 25.4. The summed E-state index contributed by atoms with van der Waals surface area (Å²) in [5.41, 5.74) is 10.3. The number of halogens is 3. The second-order valence-corrected chi connectivity index (χ2v) is 10.9. The Kier molecular flexibility index (Phi) is 9.62. The van der Waals surface area contributed by atoms with E-state index in [1.807, 2.05) is 0 Å². The molecule has 17 heteroatoms. The summed E-state index contributed by atoms with van der Waals surface area (Å²) in [5, 5.41) is 20.7. The van der Waals surface area contributed by atoms with Crippen molar-refractivity contribution in [1.82, 2.24) is 40.5 Å². The Bertz CT molecular complexity index is 1610. The summed E-state index contributed by atoms with van der Waals surface area (Å²) in [4.78, 5) is 17.6. The van der Waals surface area contributed by atoms with Crippen LogP contribution in [0.5, 0.6) is 11.5 Å². The summed E-state index contributed by atoms with van der Waals surface area (Å²) in [6.45, 7) is 3.84. The zero-order valence-electron chi connectivity index (χ0n) is 23.1. The van der Waals surface area contributed by atoms with Crippen molar-refractivity contribution in [3.05, 3.63) is 67.9 Å². The minimum absolute atomic E-state index is 0.0226. The van der Waals surface area contributed by atoms with Gasteiger partial charge < -0.3 is 20.1 Å². The van der Waals surface area contributed by atoms with Crippen molar-refractivity contribution >= 4 is 52.7 Å². The maximum Gasteiger partial charge on any atom is 0.293 e. The van der Waals surface area contributed by atoms with Crippen LogP contribution in [0.3, 0.4) is 0 Å². The first-order valence-corrected chi connectivity index (χ1v) is 14.1. The molecule has 14 nitrogen and oxygen atoms in total. The predicted molar refractivity (Wildman–Crippen MR) is 160 cm³/mol. The second kappa shape index (κ2) is 13.6. The summed E-state index contributed by atoms with van der Waals surface area (Å²) in [6, 6.07) is 8.40. The lowest BCUT2D eigenvalue weighted by atomic mass is 10.1. The number of carbonyl (C=O) groups is 1. The molecule has 3 N–H and O–H groups in total. The Morgan fingerprint density at radius 3 is 2.56 bits per heavy atom. The van der Waals surface area contributed by atoms with Gasteiger partial charge in [0.25, 0.3) is 5.91 Å². The van der Waals surface area contributed by atoms with Gasteiger partial charge in [0.2, 0.25) is 11.6 Å². The van der Waals surface area contributed by atoms with Gasteiger partial charge in [-0.1, -0.05) is 40.0 Å². The van der Waals surface area contributed by atoms with Crippen LogP contribution < -0.4 is 20.6 Å². The van der Waals surface area contributed by atoms with E-state index in [4.69, 9.17) is 54.6 Å². The number of amides is 1. The van der Waals surface area contributed by atoms with Crippen LogP contribution in [0, 0.1) is 0 Å². The largest absolute Gasteiger partial charge is 0.496 e. The SMILES string of the molecule is COc1ccc(/C=N\NC(=O)c2nnn(-c3nonc3N)c2CN2CCN(C)CC2)cc1COc1c(Cl)cc(Cl)cc1Cl. The lowest BCUT2D eigenvalue weighted by molar-refractivity contribution is 0.0946. The first kappa shape index (κ1) is 30.5. The highest BCUT2D eigenvalue weighted by Crippen LogP contribution is 2.36. The van der Waals surface area contributed by atoms with Crippen LogP contribution in [0.15, 0.2) is 40.1 Å². The van der Waals surface area contributed by atoms with Crippen LogP contribution in [-0.4, -0.2) is 87.6 Å². The van der Waals surface area contributed by atoms with E-state index < -0.39 is 5.91 Å². The van der Waals surface area contributed by atoms with Gasteiger partial charge >= 0.3 is 0 Å². The lowest BCUT2D eigenvalue weighted by Crippen LogP contribution is -2.44. The van der Waals surface area contributed by atoms with Crippen LogP contribution in [0.25, 0.3) is 5.82 Å². The van der Waals surface area contributed by atoms with Gasteiger partial charge in [-0.3, -0.25) is 9.69 Å². The Hall–Kier alpha value is -3.95. The molecule has 0 radical (unpaired) electrons. The molecule has 1 aliphatic rings. The minimum atomic E-state index is -0.564. The number of aromatic nitrogens is 5. The smallest absolute Gasteiger partial charge is 0.293 e. The van der Waals surface area contributed by atoms with Gasteiger partial charge in [0.05, 0.1) is 29.1 Å². The van der Waals surface area contributed by atoms with Crippen LogP contribution in [0.1, 0.15) is 27.3 Å². The van der Waals surface area contributed by atoms with E-state index in [0.717, 1.165) is 26.2 Å². The normalized spacial score (nSPS) is 14.3. The molecule has 0 unspecified atom stereocenters. The average molecular weight is 650 g/mol. The van der Waals surface area contributed by atoms with Gasteiger partial charge in [0, 0.05) is 43.3 Å². The van der Waals surface area contributed by atoms with E-state index in [-0.39, 0.29) is 34.0 Å². The number of ether oxygens (including phenoxy) is 2. The third-order valence-electron chi connectivity index (χ3n) is 6.66. The molecular formula is C26H27Cl3N10O4. The number of nitrogens with zero attached hydrogens (tertiary/aromatic N) is 8. The Morgan fingerprint density at radius 1 is 1.14 bits per heavy atom. The highest BCUT2D eigenvalue weighted by molar-refractivity contribution is 6.40.